The highest BCUT2D eigenvalue weighted by atomic mass is 16.5. The molecule has 0 saturated heterocycles. The van der Waals surface area contributed by atoms with Gasteiger partial charge in [-0.2, -0.15) is 0 Å². The molecule has 1 unspecified atom stereocenters. The Labute approximate surface area is 168 Å². The Bertz CT molecular complexity index is 859. The minimum Gasteiger partial charge on any atom is -0.493 e. The van der Waals surface area contributed by atoms with Crippen molar-refractivity contribution in [3.8, 4) is 11.5 Å². The first-order valence-electron chi connectivity index (χ1n) is 9.85. The Kier molecular flexibility index (Phi) is 6.96. The molecule has 0 saturated carbocycles. The molecule has 28 heavy (non-hydrogen) atoms. The molecule has 3 nitrogen and oxygen atoms in total. The second kappa shape index (κ2) is 9.84. The lowest BCUT2D eigenvalue weighted by Crippen LogP contribution is -2.23. The SMILES string of the molecule is Cc1ccc(C)c(OC(C)CNc2ccc(OCCc3ccccc3)cc2)c1. The maximum atomic E-state index is 6.08. The number of rotatable bonds is 9. The molecule has 0 aliphatic carbocycles. The van der Waals surface area contributed by atoms with Gasteiger partial charge < -0.3 is 14.8 Å². The topological polar surface area (TPSA) is 30.5 Å². The minimum atomic E-state index is 0.0716. The number of anilines is 1. The van der Waals surface area contributed by atoms with E-state index in [0.29, 0.717) is 6.61 Å². The van der Waals surface area contributed by atoms with Crippen LogP contribution in [0.5, 0.6) is 11.5 Å². The van der Waals surface area contributed by atoms with Crippen LogP contribution in [-0.4, -0.2) is 19.3 Å². The highest BCUT2D eigenvalue weighted by Crippen LogP contribution is 2.21. The van der Waals surface area contributed by atoms with E-state index in [9.17, 15) is 0 Å². The molecule has 0 aliphatic rings. The van der Waals surface area contributed by atoms with Gasteiger partial charge in [-0.1, -0.05) is 42.5 Å². The van der Waals surface area contributed by atoms with Gasteiger partial charge in [0.1, 0.15) is 17.6 Å². The summed E-state index contributed by atoms with van der Waals surface area (Å²) in [6.45, 7) is 7.65. The summed E-state index contributed by atoms with van der Waals surface area (Å²) < 4.78 is 11.9. The largest absolute Gasteiger partial charge is 0.493 e. The standard InChI is InChI=1S/C25H29NO2/c1-19-9-10-20(2)25(17-19)28-21(3)18-26-23-11-13-24(14-12-23)27-16-15-22-7-5-4-6-8-22/h4-14,17,21,26H,15-16,18H2,1-3H3. The van der Waals surface area contributed by atoms with Crippen molar-refractivity contribution in [2.24, 2.45) is 0 Å². The van der Waals surface area contributed by atoms with Crippen LogP contribution in [-0.2, 0) is 6.42 Å². The van der Waals surface area contributed by atoms with Crippen LogP contribution in [0.4, 0.5) is 5.69 Å². The van der Waals surface area contributed by atoms with Crippen LogP contribution in [0.3, 0.4) is 0 Å². The summed E-state index contributed by atoms with van der Waals surface area (Å²) >= 11 is 0. The maximum Gasteiger partial charge on any atom is 0.122 e. The van der Waals surface area contributed by atoms with E-state index in [2.05, 4.69) is 68.6 Å². The molecule has 1 atom stereocenters. The summed E-state index contributed by atoms with van der Waals surface area (Å²) in [4.78, 5) is 0. The second-order valence-electron chi connectivity index (χ2n) is 7.19. The smallest absolute Gasteiger partial charge is 0.122 e. The first-order valence-corrected chi connectivity index (χ1v) is 9.85. The summed E-state index contributed by atoms with van der Waals surface area (Å²) in [5.74, 6) is 1.85. The third-order valence-corrected chi connectivity index (χ3v) is 4.62. The highest BCUT2D eigenvalue weighted by molar-refractivity contribution is 5.46. The summed E-state index contributed by atoms with van der Waals surface area (Å²) in [7, 11) is 0. The number of hydrogen-bond acceptors (Lipinski definition) is 3. The van der Waals surface area contributed by atoms with E-state index in [4.69, 9.17) is 9.47 Å². The molecule has 0 aliphatic heterocycles. The molecular formula is C25H29NO2. The molecule has 3 heteroatoms. The average molecular weight is 376 g/mol. The van der Waals surface area contributed by atoms with E-state index in [1.807, 2.05) is 30.3 Å². The Morgan fingerprint density at radius 1 is 0.893 bits per heavy atom. The third kappa shape index (κ3) is 6.05. The van der Waals surface area contributed by atoms with E-state index in [1.165, 1.54) is 11.1 Å². The van der Waals surface area contributed by atoms with Crippen LogP contribution in [0.25, 0.3) is 0 Å². The van der Waals surface area contributed by atoms with Crippen molar-refractivity contribution in [1.82, 2.24) is 0 Å². The predicted octanol–water partition coefficient (Wildman–Crippen LogP) is 5.80. The van der Waals surface area contributed by atoms with Crippen molar-refractivity contribution in [3.05, 3.63) is 89.5 Å². The van der Waals surface area contributed by atoms with Gasteiger partial charge in [-0.15, -0.1) is 0 Å². The molecule has 0 fully saturated rings. The van der Waals surface area contributed by atoms with Crippen molar-refractivity contribution < 1.29 is 9.47 Å². The van der Waals surface area contributed by atoms with Crippen molar-refractivity contribution in [2.75, 3.05) is 18.5 Å². The van der Waals surface area contributed by atoms with E-state index in [0.717, 1.165) is 35.7 Å². The summed E-state index contributed by atoms with van der Waals surface area (Å²) in [5.41, 5.74) is 4.73. The highest BCUT2D eigenvalue weighted by Gasteiger charge is 2.07. The quantitative estimate of drug-likeness (QED) is 0.512. The van der Waals surface area contributed by atoms with Crippen molar-refractivity contribution in [2.45, 2.75) is 33.3 Å². The zero-order valence-corrected chi connectivity index (χ0v) is 16.9. The van der Waals surface area contributed by atoms with Gasteiger partial charge in [0.25, 0.3) is 0 Å². The molecule has 0 spiro atoms. The molecule has 0 amide bonds. The van der Waals surface area contributed by atoms with E-state index in [1.54, 1.807) is 0 Å². The number of aryl methyl sites for hydroxylation is 2. The van der Waals surface area contributed by atoms with Crippen LogP contribution >= 0.6 is 0 Å². The fraction of sp³-hybridized carbons (Fsp3) is 0.280. The van der Waals surface area contributed by atoms with Crippen molar-refractivity contribution in [1.29, 1.82) is 0 Å². The summed E-state index contributed by atoms with van der Waals surface area (Å²) in [6, 6.07) is 24.8. The fourth-order valence-corrected chi connectivity index (χ4v) is 2.95. The van der Waals surface area contributed by atoms with Gasteiger partial charge in [0, 0.05) is 12.1 Å². The lowest BCUT2D eigenvalue weighted by Gasteiger charge is -2.18. The van der Waals surface area contributed by atoms with Crippen molar-refractivity contribution >= 4 is 5.69 Å². The summed E-state index contributed by atoms with van der Waals surface area (Å²) in [6.07, 6.45) is 0.982. The van der Waals surface area contributed by atoms with Gasteiger partial charge in [0.15, 0.2) is 0 Å². The normalized spacial score (nSPS) is 11.7. The van der Waals surface area contributed by atoms with Crippen LogP contribution < -0.4 is 14.8 Å². The Morgan fingerprint density at radius 2 is 1.64 bits per heavy atom. The van der Waals surface area contributed by atoms with Gasteiger partial charge in [0.2, 0.25) is 0 Å². The van der Waals surface area contributed by atoms with Gasteiger partial charge >= 0.3 is 0 Å². The van der Waals surface area contributed by atoms with Crippen LogP contribution in [0.1, 0.15) is 23.6 Å². The Morgan fingerprint density at radius 3 is 2.39 bits per heavy atom. The molecule has 0 bridgehead atoms. The van der Waals surface area contributed by atoms with Gasteiger partial charge in [-0.05, 0) is 67.8 Å². The molecule has 0 aromatic heterocycles. The molecule has 0 heterocycles. The molecule has 1 N–H and O–H groups in total. The first-order chi connectivity index (χ1) is 13.6. The van der Waals surface area contributed by atoms with Crippen LogP contribution in [0.2, 0.25) is 0 Å². The first kappa shape index (κ1) is 19.8. The maximum absolute atomic E-state index is 6.08. The molecule has 0 radical (unpaired) electrons. The van der Waals surface area contributed by atoms with Gasteiger partial charge in [0.05, 0.1) is 13.2 Å². The van der Waals surface area contributed by atoms with Crippen LogP contribution in [0.15, 0.2) is 72.8 Å². The zero-order valence-electron chi connectivity index (χ0n) is 16.9. The van der Waals surface area contributed by atoms with Crippen LogP contribution in [0, 0.1) is 13.8 Å². The second-order valence-corrected chi connectivity index (χ2v) is 7.19. The molecule has 146 valence electrons. The van der Waals surface area contributed by atoms with Gasteiger partial charge in [-0.25, -0.2) is 0 Å². The molecule has 3 rings (SSSR count). The number of benzene rings is 3. The van der Waals surface area contributed by atoms with Crippen molar-refractivity contribution in [3.63, 3.8) is 0 Å². The molecular weight excluding hydrogens is 346 g/mol. The molecule has 3 aromatic rings. The predicted molar refractivity (Wildman–Crippen MR) is 117 cm³/mol. The number of ether oxygens (including phenoxy) is 2. The van der Waals surface area contributed by atoms with Gasteiger partial charge in [-0.3, -0.25) is 0 Å². The third-order valence-electron chi connectivity index (χ3n) is 4.62. The lowest BCUT2D eigenvalue weighted by molar-refractivity contribution is 0.233. The number of hydrogen-bond donors (Lipinski definition) is 1. The fourth-order valence-electron chi connectivity index (χ4n) is 2.95. The van der Waals surface area contributed by atoms with E-state index in [-0.39, 0.29) is 6.10 Å². The monoisotopic (exact) mass is 375 g/mol. The Hall–Kier alpha value is -2.94. The number of nitrogens with one attached hydrogen (secondary N) is 1. The lowest BCUT2D eigenvalue weighted by atomic mass is 10.1. The minimum absolute atomic E-state index is 0.0716. The van der Waals surface area contributed by atoms with E-state index >= 15 is 0 Å². The Balaban J connectivity index is 1.43. The average Bonchev–Trinajstić information content (AvgIpc) is 2.71. The summed E-state index contributed by atoms with van der Waals surface area (Å²) in [5, 5.41) is 3.43. The zero-order chi connectivity index (χ0) is 19.8. The van der Waals surface area contributed by atoms with E-state index < -0.39 is 0 Å². The molecule has 3 aromatic carbocycles.